The number of carbonyl (C=O) groups excluding carboxylic acids is 1. The monoisotopic (exact) mass is 336 g/mol. The molecule has 4 nitrogen and oxygen atoms in total. The Morgan fingerprint density at radius 3 is 2.62 bits per heavy atom. The fourth-order valence-corrected chi connectivity index (χ4v) is 2.95. The molecule has 0 aliphatic carbocycles. The van der Waals surface area contributed by atoms with E-state index in [-0.39, 0.29) is 5.78 Å². The molecule has 2 aromatic carbocycles. The van der Waals surface area contributed by atoms with Gasteiger partial charge in [-0.25, -0.2) is 4.98 Å². The van der Waals surface area contributed by atoms with Gasteiger partial charge in [-0.1, -0.05) is 29.8 Å². The molecule has 5 heteroatoms. The number of fused-ring (bicyclic) bond motifs is 2. The fourth-order valence-electron chi connectivity index (χ4n) is 2.73. The van der Waals surface area contributed by atoms with Gasteiger partial charge in [-0.05, 0) is 37.3 Å². The molecule has 0 spiro atoms. The first kappa shape index (κ1) is 14.7. The van der Waals surface area contributed by atoms with Crippen LogP contribution in [-0.2, 0) is 0 Å². The van der Waals surface area contributed by atoms with E-state index in [4.69, 9.17) is 16.0 Å². The largest absolute Gasteiger partial charge is 0.444 e. The summed E-state index contributed by atoms with van der Waals surface area (Å²) < 4.78 is 5.46. The highest BCUT2D eigenvalue weighted by atomic mass is 35.5. The molecule has 0 atom stereocenters. The van der Waals surface area contributed by atoms with Gasteiger partial charge in [-0.3, -0.25) is 4.79 Å². The lowest BCUT2D eigenvalue weighted by Crippen LogP contribution is -1.96. The highest BCUT2D eigenvalue weighted by Crippen LogP contribution is 2.38. The molecule has 0 bridgehead atoms. The maximum atomic E-state index is 11.4. The van der Waals surface area contributed by atoms with Crippen molar-refractivity contribution in [2.75, 3.05) is 5.32 Å². The van der Waals surface area contributed by atoms with Crippen molar-refractivity contribution in [2.45, 2.75) is 6.92 Å². The van der Waals surface area contributed by atoms with Gasteiger partial charge < -0.3 is 9.73 Å². The molecule has 118 valence electrons. The number of furan rings is 1. The second kappa shape index (κ2) is 5.65. The van der Waals surface area contributed by atoms with Gasteiger partial charge >= 0.3 is 0 Å². The molecule has 2 heterocycles. The molecule has 0 saturated carbocycles. The second-order valence-electron chi connectivity index (χ2n) is 5.53. The van der Waals surface area contributed by atoms with Crippen molar-refractivity contribution in [1.82, 2.24) is 4.98 Å². The number of hydrogen-bond acceptors (Lipinski definition) is 4. The Labute approximate surface area is 143 Å². The molecule has 0 fully saturated rings. The number of rotatable bonds is 3. The Hall–Kier alpha value is -2.85. The van der Waals surface area contributed by atoms with Crippen LogP contribution in [0.15, 0.2) is 59.2 Å². The van der Waals surface area contributed by atoms with Gasteiger partial charge in [0.2, 0.25) is 5.71 Å². The van der Waals surface area contributed by atoms with E-state index < -0.39 is 0 Å². The summed E-state index contributed by atoms with van der Waals surface area (Å²) in [6.45, 7) is 1.55. The van der Waals surface area contributed by atoms with Gasteiger partial charge in [0.1, 0.15) is 6.26 Å². The van der Waals surface area contributed by atoms with E-state index >= 15 is 0 Å². The van der Waals surface area contributed by atoms with E-state index in [1.54, 1.807) is 19.1 Å². The van der Waals surface area contributed by atoms with E-state index in [1.165, 1.54) is 6.26 Å². The van der Waals surface area contributed by atoms with Crippen LogP contribution in [0.3, 0.4) is 0 Å². The first-order valence-corrected chi connectivity index (χ1v) is 7.85. The molecule has 24 heavy (non-hydrogen) atoms. The smallest absolute Gasteiger partial charge is 0.230 e. The molecule has 0 saturated heterocycles. The Morgan fingerprint density at radius 2 is 1.88 bits per heavy atom. The van der Waals surface area contributed by atoms with Crippen molar-refractivity contribution in [2.24, 2.45) is 0 Å². The van der Waals surface area contributed by atoms with Crippen molar-refractivity contribution in [1.29, 1.82) is 0 Å². The van der Waals surface area contributed by atoms with Crippen molar-refractivity contribution in [3.05, 3.63) is 65.4 Å². The molecule has 0 aliphatic heterocycles. The predicted octanol–water partition coefficient (Wildman–Crippen LogP) is 5.58. The van der Waals surface area contributed by atoms with Crippen LogP contribution in [0.1, 0.15) is 17.3 Å². The average molecular weight is 337 g/mol. The number of aromatic nitrogens is 1. The van der Waals surface area contributed by atoms with Gasteiger partial charge in [0.15, 0.2) is 5.78 Å². The molecule has 0 aliphatic rings. The van der Waals surface area contributed by atoms with E-state index in [1.807, 2.05) is 36.4 Å². The number of nitrogens with zero attached hydrogens (tertiary/aromatic N) is 1. The van der Waals surface area contributed by atoms with Crippen molar-refractivity contribution in [3.8, 4) is 0 Å². The molecule has 1 N–H and O–H groups in total. The topological polar surface area (TPSA) is 55.1 Å². The van der Waals surface area contributed by atoms with Gasteiger partial charge in [-0.2, -0.15) is 0 Å². The first-order chi connectivity index (χ1) is 11.6. The number of Topliss-reactive ketones (excluding diaryl/α,β-unsaturated/α-hetero) is 1. The van der Waals surface area contributed by atoms with Crippen LogP contribution in [0.25, 0.3) is 22.0 Å². The lowest BCUT2D eigenvalue weighted by atomic mass is 10.1. The van der Waals surface area contributed by atoms with Gasteiger partial charge in [0, 0.05) is 16.6 Å². The third-order valence-electron chi connectivity index (χ3n) is 3.93. The normalized spacial score (nSPS) is 11.1. The highest BCUT2D eigenvalue weighted by Gasteiger charge is 2.15. The van der Waals surface area contributed by atoms with Crippen LogP contribution >= 0.6 is 11.6 Å². The summed E-state index contributed by atoms with van der Waals surface area (Å²) in [4.78, 5) is 15.9. The lowest BCUT2D eigenvalue weighted by molar-refractivity contribution is 0.101. The molecule has 4 rings (SSSR count). The van der Waals surface area contributed by atoms with E-state index in [0.29, 0.717) is 16.3 Å². The van der Waals surface area contributed by atoms with Gasteiger partial charge in [0.05, 0.1) is 21.6 Å². The third kappa shape index (κ3) is 2.41. The van der Waals surface area contributed by atoms with Crippen molar-refractivity contribution < 1.29 is 9.21 Å². The second-order valence-corrected chi connectivity index (χ2v) is 5.93. The van der Waals surface area contributed by atoms with Gasteiger partial charge in [0.25, 0.3) is 0 Å². The SMILES string of the molecule is CC(=O)c1ccc(Nc2c3ccccc3nc3occ(Cl)c23)cc1. The number of hydrogen-bond donors (Lipinski definition) is 1. The number of ketones is 1. The fraction of sp³-hybridized carbons (Fsp3) is 0.0526. The van der Waals surface area contributed by atoms with Crippen LogP contribution in [0.4, 0.5) is 11.4 Å². The van der Waals surface area contributed by atoms with E-state index in [2.05, 4.69) is 10.3 Å². The third-order valence-corrected chi connectivity index (χ3v) is 4.21. The summed E-state index contributed by atoms with van der Waals surface area (Å²) in [7, 11) is 0. The Bertz CT molecular complexity index is 1070. The maximum absolute atomic E-state index is 11.4. The molecular formula is C19H13ClN2O2. The maximum Gasteiger partial charge on any atom is 0.230 e. The number of para-hydroxylation sites is 1. The highest BCUT2D eigenvalue weighted by molar-refractivity contribution is 6.37. The number of pyridine rings is 1. The Balaban J connectivity index is 1.90. The minimum atomic E-state index is 0.0381. The number of halogens is 1. The molecule has 0 unspecified atom stereocenters. The summed E-state index contributed by atoms with van der Waals surface area (Å²) in [5.41, 5.74) is 3.67. The Morgan fingerprint density at radius 1 is 1.12 bits per heavy atom. The minimum Gasteiger partial charge on any atom is -0.444 e. The minimum absolute atomic E-state index is 0.0381. The number of anilines is 2. The van der Waals surface area contributed by atoms with E-state index in [9.17, 15) is 4.79 Å². The molecular weight excluding hydrogens is 324 g/mol. The number of nitrogens with one attached hydrogen (secondary N) is 1. The Kier molecular flexibility index (Phi) is 3.47. The predicted molar refractivity (Wildman–Crippen MR) is 96.3 cm³/mol. The van der Waals surface area contributed by atoms with Crippen LogP contribution in [-0.4, -0.2) is 10.8 Å². The van der Waals surface area contributed by atoms with Crippen LogP contribution < -0.4 is 5.32 Å². The lowest BCUT2D eigenvalue weighted by Gasteiger charge is -2.11. The summed E-state index contributed by atoms with van der Waals surface area (Å²) in [5.74, 6) is 0.0381. The quantitative estimate of drug-likeness (QED) is 0.496. The molecule has 4 aromatic rings. The summed E-state index contributed by atoms with van der Waals surface area (Å²) >= 11 is 6.29. The van der Waals surface area contributed by atoms with Crippen LogP contribution in [0.2, 0.25) is 5.02 Å². The van der Waals surface area contributed by atoms with Gasteiger partial charge in [-0.15, -0.1) is 0 Å². The van der Waals surface area contributed by atoms with Crippen LogP contribution in [0, 0.1) is 0 Å². The number of carbonyl (C=O) groups is 1. The molecule has 0 radical (unpaired) electrons. The average Bonchev–Trinajstić information content (AvgIpc) is 2.96. The zero-order chi connectivity index (χ0) is 16.7. The summed E-state index contributed by atoms with van der Waals surface area (Å²) in [6, 6.07) is 15.1. The zero-order valence-electron chi connectivity index (χ0n) is 12.8. The zero-order valence-corrected chi connectivity index (χ0v) is 13.6. The summed E-state index contributed by atoms with van der Waals surface area (Å²) in [5, 5.41) is 5.58. The summed E-state index contributed by atoms with van der Waals surface area (Å²) in [6.07, 6.45) is 1.49. The van der Waals surface area contributed by atoms with Crippen LogP contribution in [0.5, 0.6) is 0 Å². The number of benzene rings is 2. The first-order valence-electron chi connectivity index (χ1n) is 7.47. The van der Waals surface area contributed by atoms with Crippen molar-refractivity contribution >= 4 is 50.8 Å². The van der Waals surface area contributed by atoms with E-state index in [0.717, 1.165) is 27.7 Å². The van der Waals surface area contributed by atoms with Crippen molar-refractivity contribution in [3.63, 3.8) is 0 Å². The molecule has 0 amide bonds. The standard InChI is InChI=1S/C19H13ClN2O2/c1-11(23)12-6-8-13(9-7-12)21-18-14-4-2-3-5-16(14)22-19-17(18)15(20)10-24-19/h2-10H,1H3,(H,21,22). The molecule has 2 aromatic heterocycles.